The number of hydrogen-bond acceptors (Lipinski definition) is 7. The van der Waals surface area contributed by atoms with Crippen LogP contribution < -0.4 is 10.8 Å². The molecule has 2 amide bonds. The maximum atomic E-state index is 12.4. The normalized spacial score (nSPS) is 17.7. The van der Waals surface area contributed by atoms with Gasteiger partial charge in [-0.2, -0.15) is 0 Å². The highest BCUT2D eigenvalue weighted by Crippen LogP contribution is 2.39. The second kappa shape index (κ2) is 18.9. The number of nitrogens with zero attached hydrogens (tertiary/aromatic N) is 1. The number of carbonyl (C=O) groups excluding carboxylic acids is 2. The highest BCUT2D eigenvalue weighted by atomic mass is 16.7. The number of amides is 2. The van der Waals surface area contributed by atoms with Crippen LogP contribution in [0.15, 0.2) is 115 Å². The molecule has 1 heterocycles. The van der Waals surface area contributed by atoms with Crippen molar-refractivity contribution >= 4 is 22.6 Å². The van der Waals surface area contributed by atoms with E-state index in [0.29, 0.717) is 32.2 Å². The summed E-state index contributed by atoms with van der Waals surface area (Å²) < 4.78 is 13.3. The lowest BCUT2D eigenvalue weighted by molar-refractivity contribution is -0.253. The number of unbranched alkanes of at least 4 members (excludes halogenated alkanes) is 2. The number of likely N-dealkylation sites (N-methyl/N-ethyl adjacent to an activating group) is 1. The Hall–Kier alpha value is -4.90. The van der Waals surface area contributed by atoms with Crippen molar-refractivity contribution in [1.82, 2.24) is 15.7 Å². The summed E-state index contributed by atoms with van der Waals surface area (Å²) in [5.74, 6) is -0.436. The van der Waals surface area contributed by atoms with E-state index in [4.69, 9.17) is 14.7 Å². The lowest BCUT2D eigenvalue weighted by Crippen LogP contribution is -2.38. The second-order valence-corrected chi connectivity index (χ2v) is 14.3. The molecule has 0 spiro atoms. The largest absolute Gasteiger partial charge is 0.392 e. The van der Waals surface area contributed by atoms with Crippen LogP contribution in [0.5, 0.6) is 0 Å². The van der Waals surface area contributed by atoms with Gasteiger partial charge in [-0.05, 0) is 83.1 Å². The fourth-order valence-corrected chi connectivity index (χ4v) is 7.02. The summed E-state index contributed by atoms with van der Waals surface area (Å²) in [7, 11) is 2.15. The molecule has 0 aromatic heterocycles. The minimum Gasteiger partial charge on any atom is -0.392 e. The molecule has 6 rings (SSSR count). The zero-order valence-electron chi connectivity index (χ0n) is 31.1. The standard InChI is InChI=1S/C45H51N3O6/c1-31(38-24-21-34-10-6-7-11-40(34)26-38)48(2)29-41-27-42(36-17-15-32(30-49)16-18-36)54-45(53-41)37-22-19-35(20-23-37)39-12-8-9-33(25-39)28-46-43(50)13-4-3-5-14-44(51)47-52/h6-12,15-26,31,41-42,45,49,52H,3-5,13-14,27-30H2,1-2H3,(H,46,50)(H,47,51). The summed E-state index contributed by atoms with van der Waals surface area (Å²) in [6, 6.07) is 39.7. The van der Waals surface area contributed by atoms with E-state index in [2.05, 4.69) is 103 Å². The van der Waals surface area contributed by atoms with Crippen molar-refractivity contribution in [1.29, 1.82) is 0 Å². The molecule has 4 unspecified atom stereocenters. The monoisotopic (exact) mass is 729 g/mol. The Bertz CT molecular complexity index is 1980. The Labute approximate surface area is 317 Å². The van der Waals surface area contributed by atoms with Crippen LogP contribution >= 0.6 is 0 Å². The van der Waals surface area contributed by atoms with Crippen molar-refractivity contribution in [3.8, 4) is 11.1 Å². The molecule has 0 radical (unpaired) electrons. The molecule has 5 aromatic carbocycles. The van der Waals surface area contributed by atoms with Crippen LogP contribution in [-0.2, 0) is 32.2 Å². The first-order valence-corrected chi connectivity index (χ1v) is 18.9. The summed E-state index contributed by atoms with van der Waals surface area (Å²) in [6.07, 6.45) is 2.58. The van der Waals surface area contributed by atoms with Gasteiger partial charge < -0.3 is 19.9 Å². The smallest absolute Gasteiger partial charge is 0.243 e. The molecule has 4 N–H and O–H groups in total. The fourth-order valence-electron chi connectivity index (χ4n) is 7.02. The number of hydrogen-bond donors (Lipinski definition) is 4. The van der Waals surface area contributed by atoms with E-state index in [1.165, 1.54) is 16.3 Å². The van der Waals surface area contributed by atoms with Crippen LogP contribution in [0.25, 0.3) is 21.9 Å². The van der Waals surface area contributed by atoms with Crippen molar-refractivity contribution in [3.05, 3.63) is 143 Å². The molecule has 0 bridgehead atoms. The Morgan fingerprint density at radius 3 is 2.22 bits per heavy atom. The van der Waals surface area contributed by atoms with Gasteiger partial charge in [0.1, 0.15) is 0 Å². The van der Waals surface area contributed by atoms with E-state index < -0.39 is 12.2 Å². The number of hydroxylamine groups is 1. The predicted octanol–water partition coefficient (Wildman–Crippen LogP) is 8.31. The van der Waals surface area contributed by atoms with Gasteiger partial charge in [-0.15, -0.1) is 0 Å². The van der Waals surface area contributed by atoms with Crippen molar-refractivity contribution in [2.24, 2.45) is 0 Å². The van der Waals surface area contributed by atoms with Crippen molar-refractivity contribution < 1.29 is 29.4 Å². The zero-order chi connectivity index (χ0) is 37.9. The molecule has 4 atom stereocenters. The molecule has 0 aliphatic carbocycles. The molecule has 5 aromatic rings. The third-order valence-electron chi connectivity index (χ3n) is 10.4. The number of aliphatic hydroxyl groups excluding tert-OH is 1. The Morgan fingerprint density at radius 1 is 0.759 bits per heavy atom. The number of fused-ring (bicyclic) bond motifs is 1. The summed E-state index contributed by atoms with van der Waals surface area (Å²) in [5, 5.41) is 23.7. The number of carbonyl (C=O) groups is 2. The molecule has 9 nitrogen and oxygen atoms in total. The average Bonchev–Trinajstić information content (AvgIpc) is 3.22. The van der Waals surface area contributed by atoms with Gasteiger partial charge in [-0.3, -0.25) is 19.7 Å². The van der Waals surface area contributed by atoms with Crippen molar-refractivity contribution in [2.75, 3.05) is 13.6 Å². The van der Waals surface area contributed by atoms with E-state index in [0.717, 1.165) is 46.3 Å². The van der Waals surface area contributed by atoms with E-state index in [-0.39, 0.29) is 37.2 Å². The highest BCUT2D eigenvalue weighted by molar-refractivity contribution is 5.83. The van der Waals surface area contributed by atoms with Gasteiger partial charge in [0.25, 0.3) is 0 Å². The predicted molar refractivity (Wildman–Crippen MR) is 210 cm³/mol. The molecule has 1 saturated heterocycles. The summed E-state index contributed by atoms with van der Waals surface area (Å²) >= 11 is 0. The number of aliphatic hydroxyl groups is 1. The number of rotatable bonds is 16. The molecular weight excluding hydrogens is 679 g/mol. The van der Waals surface area contributed by atoms with Crippen LogP contribution in [-0.4, -0.2) is 46.7 Å². The average molecular weight is 730 g/mol. The van der Waals surface area contributed by atoms with Gasteiger partial charge in [-0.1, -0.05) is 110 Å². The maximum Gasteiger partial charge on any atom is 0.243 e. The molecule has 1 aliphatic rings. The van der Waals surface area contributed by atoms with Gasteiger partial charge in [0.2, 0.25) is 11.8 Å². The number of nitrogens with one attached hydrogen (secondary N) is 2. The van der Waals surface area contributed by atoms with E-state index in [9.17, 15) is 14.7 Å². The van der Waals surface area contributed by atoms with E-state index in [1.807, 2.05) is 36.4 Å². The summed E-state index contributed by atoms with van der Waals surface area (Å²) in [6.45, 7) is 3.39. The van der Waals surface area contributed by atoms with Gasteiger partial charge in [0, 0.05) is 44.0 Å². The molecule has 54 heavy (non-hydrogen) atoms. The third kappa shape index (κ3) is 10.4. The highest BCUT2D eigenvalue weighted by Gasteiger charge is 2.33. The maximum absolute atomic E-state index is 12.4. The molecule has 1 aliphatic heterocycles. The SMILES string of the molecule is CC(c1ccc2ccccc2c1)N(C)CC1CC(c2ccc(CO)cc2)OC(c2ccc(-c3cccc(CNC(=O)CCCCCC(=O)NO)c3)cc2)O1. The van der Waals surface area contributed by atoms with Crippen molar-refractivity contribution in [3.63, 3.8) is 0 Å². The zero-order valence-corrected chi connectivity index (χ0v) is 31.1. The lowest BCUT2D eigenvalue weighted by atomic mass is 9.98. The lowest BCUT2D eigenvalue weighted by Gasteiger charge is -2.39. The second-order valence-electron chi connectivity index (χ2n) is 14.3. The minimum atomic E-state index is -0.557. The minimum absolute atomic E-state index is 0.00196. The first kappa shape index (κ1) is 38.8. The van der Waals surface area contributed by atoms with E-state index in [1.54, 1.807) is 5.48 Å². The summed E-state index contributed by atoms with van der Waals surface area (Å²) in [5.41, 5.74) is 8.85. The van der Waals surface area contributed by atoms with Crippen LogP contribution in [0.3, 0.4) is 0 Å². The Kier molecular flexibility index (Phi) is 13.6. The van der Waals surface area contributed by atoms with Crippen LogP contribution in [0.2, 0.25) is 0 Å². The molecule has 9 heteroatoms. The van der Waals surface area contributed by atoms with Crippen molar-refractivity contribution in [2.45, 2.75) is 83.1 Å². The first-order valence-electron chi connectivity index (χ1n) is 18.9. The molecule has 1 fully saturated rings. The third-order valence-corrected chi connectivity index (χ3v) is 10.4. The molecular formula is C45H51N3O6. The van der Waals surface area contributed by atoms with Crippen LogP contribution in [0.4, 0.5) is 0 Å². The fraction of sp³-hybridized carbons (Fsp3) is 0.333. The Balaban J connectivity index is 1.10. The molecule has 282 valence electrons. The number of ether oxygens (including phenoxy) is 2. The quantitative estimate of drug-likeness (QED) is 0.0458. The first-order chi connectivity index (χ1) is 26.3. The Morgan fingerprint density at radius 2 is 1.48 bits per heavy atom. The number of benzene rings is 5. The van der Waals surface area contributed by atoms with Gasteiger partial charge in [0.15, 0.2) is 6.29 Å². The van der Waals surface area contributed by atoms with Gasteiger partial charge in [0.05, 0.1) is 18.8 Å². The summed E-state index contributed by atoms with van der Waals surface area (Å²) in [4.78, 5) is 25.9. The van der Waals surface area contributed by atoms with Gasteiger partial charge >= 0.3 is 0 Å². The topological polar surface area (TPSA) is 120 Å². The molecule has 0 saturated carbocycles. The van der Waals surface area contributed by atoms with Gasteiger partial charge in [-0.25, -0.2) is 5.48 Å². The van der Waals surface area contributed by atoms with E-state index >= 15 is 0 Å². The van der Waals surface area contributed by atoms with Crippen LogP contribution in [0, 0.1) is 0 Å². The van der Waals surface area contributed by atoms with Crippen LogP contribution in [0.1, 0.15) is 91.7 Å².